The van der Waals surface area contributed by atoms with Crippen molar-refractivity contribution in [2.75, 3.05) is 7.11 Å². The smallest absolute Gasteiger partial charge is 0.319 e. The van der Waals surface area contributed by atoms with Crippen molar-refractivity contribution >= 4 is 23.5 Å². The molecule has 3 fully saturated rings. The molecule has 0 unspecified atom stereocenters. The zero-order valence-corrected chi connectivity index (χ0v) is 25.3. The zero-order chi connectivity index (χ0) is 29.0. The van der Waals surface area contributed by atoms with Crippen LogP contribution in [0, 0.1) is 38.4 Å². The van der Waals surface area contributed by atoms with E-state index in [1.165, 1.54) is 19.6 Å². The fraction of sp³-hybridized carbons (Fsp3) is 0.758. The van der Waals surface area contributed by atoms with E-state index in [1.54, 1.807) is 6.92 Å². The summed E-state index contributed by atoms with van der Waals surface area (Å²) in [7, 11) is 1.33. The van der Waals surface area contributed by atoms with Gasteiger partial charge in [-0.15, -0.1) is 0 Å². The van der Waals surface area contributed by atoms with Crippen molar-refractivity contribution in [2.24, 2.45) is 38.4 Å². The molecule has 214 valence electrons. The minimum absolute atomic E-state index is 0.0600. The summed E-state index contributed by atoms with van der Waals surface area (Å²) in [5.41, 5.74) is -0.460. The number of ketones is 2. The molecule has 39 heavy (non-hydrogen) atoms. The van der Waals surface area contributed by atoms with Crippen LogP contribution in [0.5, 0.6) is 0 Å². The van der Waals surface area contributed by atoms with E-state index in [0.29, 0.717) is 24.0 Å². The number of hydrogen-bond acceptors (Lipinski definition) is 6. The van der Waals surface area contributed by atoms with Gasteiger partial charge in [-0.05, 0) is 86.5 Å². The summed E-state index contributed by atoms with van der Waals surface area (Å²) in [5, 5.41) is 0. The Bertz CT molecular complexity index is 1240. The molecule has 0 aliphatic heterocycles. The molecule has 0 heterocycles. The zero-order valence-electron chi connectivity index (χ0n) is 25.3. The minimum atomic E-state index is -1.26. The Morgan fingerprint density at radius 2 is 1.46 bits per heavy atom. The van der Waals surface area contributed by atoms with E-state index in [9.17, 15) is 19.2 Å². The van der Waals surface area contributed by atoms with Gasteiger partial charge in [-0.3, -0.25) is 19.2 Å². The minimum Gasteiger partial charge on any atom is -0.468 e. The van der Waals surface area contributed by atoms with Gasteiger partial charge >= 0.3 is 11.9 Å². The molecule has 5 rings (SSSR count). The first-order valence-electron chi connectivity index (χ1n) is 14.7. The second kappa shape index (κ2) is 8.39. The molecule has 0 bridgehead atoms. The summed E-state index contributed by atoms with van der Waals surface area (Å²) in [6.45, 7) is 16.5. The second-order valence-electron chi connectivity index (χ2n) is 15.0. The number of carbonyl (C=O) groups is 4. The summed E-state index contributed by atoms with van der Waals surface area (Å²) in [6.07, 6.45) is 8.00. The maximum Gasteiger partial charge on any atom is 0.319 e. The van der Waals surface area contributed by atoms with Crippen molar-refractivity contribution in [3.63, 3.8) is 0 Å². The third-order valence-corrected chi connectivity index (χ3v) is 12.7. The number of fused-ring (bicyclic) bond motifs is 6. The summed E-state index contributed by atoms with van der Waals surface area (Å²) in [4.78, 5) is 53.3. The summed E-state index contributed by atoms with van der Waals surface area (Å²) in [6, 6.07) is 0. The summed E-state index contributed by atoms with van der Waals surface area (Å²) in [5.74, 6) is -0.772. The molecule has 7 atom stereocenters. The number of ether oxygens (including phenoxy) is 2. The molecule has 0 amide bonds. The third kappa shape index (κ3) is 3.45. The second-order valence-corrected chi connectivity index (χ2v) is 15.0. The third-order valence-electron chi connectivity index (χ3n) is 12.7. The number of hydrogen-bond donors (Lipinski definition) is 0. The monoisotopic (exact) mass is 538 g/mol. The van der Waals surface area contributed by atoms with Gasteiger partial charge in [0, 0.05) is 28.9 Å². The number of esters is 2. The number of allylic oxidation sites excluding steroid dienone is 4. The lowest BCUT2D eigenvalue weighted by molar-refractivity contribution is -0.172. The molecule has 0 aromatic carbocycles. The molecule has 0 saturated heterocycles. The Morgan fingerprint density at radius 1 is 0.821 bits per heavy atom. The molecule has 6 nitrogen and oxygen atoms in total. The molecule has 5 aliphatic rings. The fourth-order valence-electron chi connectivity index (χ4n) is 10.0. The summed E-state index contributed by atoms with van der Waals surface area (Å²) < 4.78 is 10.9. The number of carbonyl (C=O) groups excluding carboxylic acids is 4. The van der Waals surface area contributed by atoms with Gasteiger partial charge in [0.05, 0.1) is 7.11 Å². The molecule has 3 saturated carbocycles. The van der Waals surface area contributed by atoms with Crippen molar-refractivity contribution in [2.45, 2.75) is 113 Å². The van der Waals surface area contributed by atoms with E-state index in [2.05, 4.69) is 41.5 Å². The van der Waals surface area contributed by atoms with E-state index >= 15 is 0 Å². The maximum atomic E-state index is 14.3. The molecule has 6 heteroatoms. The van der Waals surface area contributed by atoms with Crippen LogP contribution in [0.2, 0.25) is 0 Å². The molecule has 0 spiro atoms. The van der Waals surface area contributed by atoms with Gasteiger partial charge < -0.3 is 9.47 Å². The molecule has 0 N–H and O–H groups in total. The van der Waals surface area contributed by atoms with Crippen LogP contribution in [-0.2, 0) is 28.7 Å². The quantitative estimate of drug-likeness (QED) is 0.302. The van der Waals surface area contributed by atoms with Crippen molar-refractivity contribution in [3.05, 3.63) is 22.8 Å². The summed E-state index contributed by atoms with van der Waals surface area (Å²) >= 11 is 0. The van der Waals surface area contributed by atoms with Crippen molar-refractivity contribution < 1.29 is 28.7 Å². The van der Waals surface area contributed by atoms with Crippen molar-refractivity contribution in [3.8, 4) is 0 Å². The molecule has 5 aliphatic carbocycles. The Hall–Kier alpha value is -2.24. The van der Waals surface area contributed by atoms with Crippen LogP contribution in [0.25, 0.3) is 0 Å². The lowest BCUT2D eigenvalue weighted by atomic mass is 9.37. The lowest BCUT2D eigenvalue weighted by Gasteiger charge is -2.67. The Kier molecular flexibility index (Phi) is 6.09. The fourth-order valence-corrected chi connectivity index (χ4v) is 10.0. The molecule has 0 radical (unpaired) electrons. The standard InChI is InChI=1S/C33H46O6/c1-19(34)39-23-11-12-30(5)21(28(23,2)3)10-13-32(7)22(30)18-20(35)24-25-26(36)31(6,27(37)38-9)16-14-29(25,4)15-17-33(24,32)8/h18,21,23H,10-17H2,1-9H3/t21-,23-,29+,30-,31-,32+,33+/m0/s1. The van der Waals surface area contributed by atoms with Crippen molar-refractivity contribution in [1.82, 2.24) is 0 Å². The largest absolute Gasteiger partial charge is 0.468 e. The first-order chi connectivity index (χ1) is 17.9. The van der Waals surface area contributed by atoms with Gasteiger partial charge in [0.15, 0.2) is 11.6 Å². The van der Waals surface area contributed by atoms with E-state index < -0.39 is 22.2 Å². The average Bonchev–Trinajstić information content (AvgIpc) is 2.85. The highest BCUT2D eigenvalue weighted by molar-refractivity contribution is 6.19. The van der Waals surface area contributed by atoms with Gasteiger partial charge in [-0.2, -0.15) is 0 Å². The number of rotatable bonds is 2. The van der Waals surface area contributed by atoms with Gasteiger partial charge in [-0.25, -0.2) is 0 Å². The van der Waals surface area contributed by atoms with E-state index in [1.807, 2.05) is 6.08 Å². The highest BCUT2D eigenvalue weighted by Gasteiger charge is 2.68. The van der Waals surface area contributed by atoms with Gasteiger partial charge in [0.25, 0.3) is 0 Å². The van der Waals surface area contributed by atoms with Crippen LogP contribution in [0.15, 0.2) is 22.8 Å². The molecule has 0 aromatic heterocycles. The molecular weight excluding hydrogens is 492 g/mol. The van der Waals surface area contributed by atoms with Crippen LogP contribution in [-0.4, -0.2) is 36.7 Å². The predicted octanol–water partition coefficient (Wildman–Crippen LogP) is 6.32. The topological polar surface area (TPSA) is 86.7 Å². The van der Waals surface area contributed by atoms with Crippen LogP contribution in [0.3, 0.4) is 0 Å². The number of Topliss-reactive ketones (excluding diaryl/α,β-unsaturated/α-hetero) is 1. The Morgan fingerprint density at radius 3 is 2.08 bits per heavy atom. The Balaban J connectivity index is 1.68. The van der Waals surface area contributed by atoms with E-state index in [0.717, 1.165) is 38.5 Å². The van der Waals surface area contributed by atoms with Gasteiger partial charge in [-0.1, -0.05) is 47.1 Å². The van der Waals surface area contributed by atoms with Crippen LogP contribution in [0.1, 0.15) is 107 Å². The van der Waals surface area contributed by atoms with E-state index in [4.69, 9.17) is 9.47 Å². The van der Waals surface area contributed by atoms with Crippen LogP contribution in [0.4, 0.5) is 0 Å². The highest BCUT2D eigenvalue weighted by atomic mass is 16.5. The van der Waals surface area contributed by atoms with Crippen LogP contribution < -0.4 is 0 Å². The van der Waals surface area contributed by atoms with Crippen molar-refractivity contribution in [1.29, 1.82) is 0 Å². The number of methoxy groups -OCH3 is 1. The first kappa shape index (κ1) is 28.3. The molecule has 0 aromatic rings. The maximum absolute atomic E-state index is 14.3. The Labute approximate surface area is 233 Å². The highest BCUT2D eigenvalue weighted by Crippen LogP contribution is 2.73. The average molecular weight is 539 g/mol. The van der Waals surface area contributed by atoms with Gasteiger partial charge in [0.2, 0.25) is 0 Å². The van der Waals surface area contributed by atoms with E-state index in [-0.39, 0.29) is 45.8 Å². The molecular formula is C33H46O6. The normalized spacial score (nSPS) is 44.8. The first-order valence-corrected chi connectivity index (χ1v) is 14.7. The SMILES string of the molecule is COC(=O)[C@@]1(C)CC[C@]2(C)CC[C@]3(C)C(=C2C1=O)C(=O)C=C1[C@@]2(C)CC[C@H](OC(C)=O)C(C)(C)[C@@H]2CC[C@]13C. The van der Waals surface area contributed by atoms with Crippen LogP contribution >= 0.6 is 0 Å². The lowest BCUT2D eigenvalue weighted by Crippen LogP contribution is -2.62. The van der Waals surface area contributed by atoms with Gasteiger partial charge in [0.1, 0.15) is 11.5 Å². The predicted molar refractivity (Wildman–Crippen MR) is 147 cm³/mol.